The van der Waals surface area contributed by atoms with Crippen LogP contribution in [-0.2, 0) is 0 Å². The summed E-state index contributed by atoms with van der Waals surface area (Å²) in [5.41, 5.74) is 7.09. The van der Waals surface area contributed by atoms with Gasteiger partial charge in [0.05, 0.1) is 13.0 Å². The Morgan fingerprint density at radius 3 is 2.57 bits per heavy atom. The first-order valence-corrected chi connectivity index (χ1v) is 7.08. The second-order valence-corrected chi connectivity index (χ2v) is 5.50. The van der Waals surface area contributed by atoms with Crippen LogP contribution >= 0.6 is 0 Å². The van der Waals surface area contributed by atoms with Crippen LogP contribution in [0.5, 0.6) is 5.75 Å². The van der Waals surface area contributed by atoms with Gasteiger partial charge >= 0.3 is 6.18 Å². The average Bonchev–Trinajstić information content (AvgIpc) is 2.47. The number of benzene rings is 1. The van der Waals surface area contributed by atoms with Crippen molar-refractivity contribution in [2.24, 2.45) is 11.7 Å². The van der Waals surface area contributed by atoms with Gasteiger partial charge in [-0.05, 0) is 43.6 Å². The quantitative estimate of drug-likeness (QED) is 0.929. The van der Waals surface area contributed by atoms with Crippen LogP contribution < -0.4 is 10.5 Å². The topological polar surface area (TPSA) is 38.5 Å². The van der Waals surface area contributed by atoms with Crippen LogP contribution in [0, 0.1) is 5.92 Å². The van der Waals surface area contributed by atoms with Gasteiger partial charge in [-0.1, -0.05) is 12.1 Å². The normalized spacial score (nSPS) is 19.5. The van der Waals surface area contributed by atoms with Crippen molar-refractivity contribution in [3.8, 4) is 5.75 Å². The van der Waals surface area contributed by atoms with Crippen LogP contribution in [0.3, 0.4) is 0 Å². The fourth-order valence-corrected chi connectivity index (χ4v) is 2.70. The molecule has 0 aromatic heterocycles. The summed E-state index contributed by atoms with van der Waals surface area (Å²) in [6.07, 6.45) is -3.75. The zero-order valence-corrected chi connectivity index (χ0v) is 12.1. The number of ether oxygens (including phenoxy) is 1. The van der Waals surface area contributed by atoms with E-state index in [4.69, 9.17) is 10.5 Å². The highest BCUT2D eigenvalue weighted by molar-refractivity contribution is 5.30. The maximum absolute atomic E-state index is 12.6. The van der Waals surface area contributed by atoms with E-state index < -0.39 is 12.1 Å². The Hall–Kier alpha value is -1.27. The summed E-state index contributed by atoms with van der Waals surface area (Å²) in [5.74, 6) is -0.430. The smallest absolute Gasteiger partial charge is 0.391 e. The van der Waals surface area contributed by atoms with Gasteiger partial charge in [-0.3, -0.25) is 0 Å². The first kappa shape index (κ1) is 16.1. The molecule has 2 rings (SSSR count). The molecule has 1 aliphatic heterocycles. The standard InChI is InChI=1S/C15H21F3N2O/c1-21-13-4-2-3-11(9-13)14(19)10-20-7-5-12(6-8-20)15(16,17)18/h2-4,9,12,14H,5-8,10,19H2,1H3. The SMILES string of the molecule is COc1cccc(C(N)CN2CCC(C(F)(F)F)CC2)c1. The Bertz CT molecular complexity index is 456. The Morgan fingerprint density at radius 2 is 2.00 bits per heavy atom. The summed E-state index contributed by atoms with van der Waals surface area (Å²) >= 11 is 0. The molecule has 6 heteroatoms. The van der Waals surface area contributed by atoms with Crippen LogP contribution in [0.25, 0.3) is 0 Å². The van der Waals surface area contributed by atoms with Crippen molar-refractivity contribution in [3.63, 3.8) is 0 Å². The molecule has 1 saturated heterocycles. The van der Waals surface area contributed by atoms with E-state index >= 15 is 0 Å². The van der Waals surface area contributed by atoms with Gasteiger partial charge in [0.2, 0.25) is 0 Å². The van der Waals surface area contributed by atoms with Gasteiger partial charge in [-0.15, -0.1) is 0 Å². The molecule has 118 valence electrons. The van der Waals surface area contributed by atoms with E-state index in [-0.39, 0.29) is 18.9 Å². The van der Waals surface area contributed by atoms with Gasteiger partial charge in [-0.2, -0.15) is 13.2 Å². The van der Waals surface area contributed by atoms with Crippen molar-refractivity contribution in [2.75, 3.05) is 26.7 Å². The molecule has 0 aliphatic carbocycles. The number of halogens is 3. The van der Waals surface area contributed by atoms with E-state index in [1.54, 1.807) is 7.11 Å². The molecule has 21 heavy (non-hydrogen) atoms. The summed E-state index contributed by atoms with van der Waals surface area (Å²) in [7, 11) is 1.59. The highest BCUT2D eigenvalue weighted by Crippen LogP contribution is 2.34. The van der Waals surface area contributed by atoms with E-state index in [2.05, 4.69) is 0 Å². The molecule has 1 heterocycles. The predicted octanol–water partition coefficient (Wildman–Crippen LogP) is 2.97. The van der Waals surface area contributed by atoms with Crippen LogP contribution in [0.1, 0.15) is 24.4 Å². The lowest BCUT2D eigenvalue weighted by Gasteiger charge is -2.34. The zero-order chi connectivity index (χ0) is 15.5. The van der Waals surface area contributed by atoms with Gasteiger partial charge < -0.3 is 15.4 Å². The van der Waals surface area contributed by atoms with Crippen LogP contribution in [0.2, 0.25) is 0 Å². The minimum absolute atomic E-state index is 0.161. The minimum atomic E-state index is -4.07. The lowest BCUT2D eigenvalue weighted by atomic mass is 9.95. The molecular formula is C15H21F3N2O. The fourth-order valence-electron chi connectivity index (χ4n) is 2.70. The molecule has 0 bridgehead atoms. The summed E-state index contributed by atoms with van der Waals surface area (Å²) in [5, 5.41) is 0. The lowest BCUT2D eigenvalue weighted by Crippen LogP contribution is -2.41. The number of nitrogens with two attached hydrogens (primary N) is 1. The number of hydrogen-bond donors (Lipinski definition) is 1. The van der Waals surface area contributed by atoms with Gasteiger partial charge in [0.15, 0.2) is 0 Å². The minimum Gasteiger partial charge on any atom is -0.497 e. The monoisotopic (exact) mass is 302 g/mol. The van der Waals surface area contributed by atoms with Gasteiger partial charge in [0, 0.05) is 12.6 Å². The molecule has 0 saturated carbocycles. The number of methoxy groups -OCH3 is 1. The molecule has 2 N–H and O–H groups in total. The number of hydrogen-bond acceptors (Lipinski definition) is 3. The first-order valence-electron chi connectivity index (χ1n) is 7.08. The summed E-state index contributed by atoms with van der Waals surface area (Å²) in [6, 6.07) is 7.26. The Labute approximate surface area is 122 Å². The van der Waals surface area contributed by atoms with Crippen molar-refractivity contribution >= 4 is 0 Å². The molecule has 1 aliphatic rings. The van der Waals surface area contributed by atoms with Crippen molar-refractivity contribution in [1.29, 1.82) is 0 Å². The van der Waals surface area contributed by atoms with E-state index in [9.17, 15) is 13.2 Å². The molecule has 0 amide bonds. The van der Waals surface area contributed by atoms with E-state index in [1.807, 2.05) is 29.2 Å². The molecule has 1 aromatic rings. The van der Waals surface area contributed by atoms with Gasteiger partial charge in [0.25, 0.3) is 0 Å². The number of likely N-dealkylation sites (tertiary alicyclic amines) is 1. The first-order chi connectivity index (χ1) is 9.90. The molecule has 3 nitrogen and oxygen atoms in total. The molecule has 0 spiro atoms. The molecule has 1 aromatic carbocycles. The highest BCUT2D eigenvalue weighted by Gasteiger charge is 2.41. The Balaban J connectivity index is 1.88. The highest BCUT2D eigenvalue weighted by atomic mass is 19.4. The zero-order valence-electron chi connectivity index (χ0n) is 12.1. The molecular weight excluding hydrogens is 281 g/mol. The third-order valence-corrected chi connectivity index (χ3v) is 4.03. The number of nitrogens with zero attached hydrogens (tertiary/aromatic N) is 1. The third-order valence-electron chi connectivity index (χ3n) is 4.03. The van der Waals surface area contributed by atoms with Crippen molar-refractivity contribution in [2.45, 2.75) is 25.1 Å². The number of piperidine rings is 1. The fraction of sp³-hybridized carbons (Fsp3) is 0.600. The van der Waals surface area contributed by atoms with E-state index in [0.717, 1.165) is 11.3 Å². The Morgan fingerprint density at radius 1 is 1.33 bits per heavy atom. The molecule has 1 fully saturated rings. The summed E-state index contributed by atoms with van der Waals surface area (Å²) < 4.78 is 43.0. The second-order valence-electron chi connectivity index (χ2n) is 5.50. The van der Waals surface area contributed by atoms with E-state index in [1.165, 1.54) is 0 Å². The largest absolute Gasteiger partial charge is 0.497 e. The second kappa shape index (κ2) is 6.66. The van der Waals surface area contributed by atoms with Crippen LogP contribution in [0.15, 0.2) is 24.3 Å². The lowest BCUT2D eigenvalue weighted by molar-refractivity contribution is -0.185. The maximum atomic E-state index is 12.6. The van der Waals surface area contributed by atoms with Crippen molar-refractivity contribution < 1.29 is 17.9 Å². The number of rotatable bonds is 4. The average molecular weight is 302 g/mol. The van der Waals surface area contributed by atoms with Crippen molar-refractivity contribution in [3.05, 3.63) is 29.8 Å². The number of alkyl halides is 3. The molecule has 0 radical (unpaired) electrons. The van der Waals surface area contributed by atoms with Crippen LogP contribution in [0.4, 0.5) is 13.2 Å². The van der Waals surface area contributed by atoms with Crippen molar-refractivity contribution in [1.82, 2.24) is 4.90 Å². The molecule has 1 unspecified atom stereocenters. The molecule has 1 atom stereocenters. The van der Waals surface area contributed by atoms with Crippen LogP contribution in [-0.4, -0.2) is 37.8 Å². The maximum Gasteiger partial charge on any atom is 0.391 e. The predicted molar refractivity (Wildman–Crippen MR) is 75.1 cm³/mol. The van der Waals surface area contributed by atoms with E-state index in [0.29, 0.717) is 19.6 Å². The van der Waals surface area contributed by atoms with Gasteiger partial charge in [0.1, 0.15) is 5.75 Å². The Kier molecular flexibility index (Phi) is 5.11. The van der Waals surface area contributed by atoms with Gasteiger partial charge in [-0.25, -0.2) is 0 Å². The summed E-state index contributed by atoms with van der Waals surface area (Å²) in [6.45, 7) is 1.46. The third kappa shape index (κ3) is 4.35. The summed E-state index contributed by atoms with van der Waals surface area (Å²) in [4.78, 5) is 2.01.